The highest BCUT2D eigenvalue weighted by Gasteiger charge is 2.11. The van der Waals surface area contributed by atoms with E-state index in [2.05, 4.69) is 27.5 Å². The van der Waals surface area contributed by atoms with Crippen molar-refractivity contribution in [2.24, 2.45) is 0 Å². The fourth-order valence-electron chi connectivity index (χ4n) is 1.66. The Labute approximate surface area is 120 Å². The van der Waals surface area contributed by atoms with Crippen LogP contribution in [0, 0.1) is 0 Å². The highest BCUT2D eigenvalue weighted by Crippen LogP contribution is 2.13. The predicted molar refractivity (Wildman–Crippen MR) is 79.1 cm³/mol. The second-order valence-corrected chi connectivity index (χ2v) is 5.05. The second kappa shape index (κ2) is 6.85. The molecule has 0 aromatic carbocycles. The van der Waals surface area contributed by atoms with E-state index in [1.165, 1.54) is 0 Å². The van der Waals surface area contributed by atoms with Crippen molar-refractivity contribution < 1.29 is 4.79 Å². The van der Waals surface area contributed by atoms with Gasteiger partial charge in [-0.2, -0.15) is 0 Å². The molecule has 0 saturated heterocycles. The van der Waals surface area contributed by atoms with E-state index in [1.54, 1.807) is 23.8 Å². The smallest absolute Gasteiger partial charge is 0.304 e. The number of carbonyl (C=O) groups excluding carboxylic acids is 1. The number of nitrogens with one attached hydrogen (secondary N) is 3. The SMILES string of the molecule is CCCNc1cnccc1C(=O)NCc1csc(=O)[nH]1. The Hall–Kier alpha value is -2.15. The third-order valence-corrected chi connectivity index (χ3v) is 3.36. The molecule has 0 fully saturated rings. The Balaban J connectivity index is 2.03. The molecule has 0 unspecified atom stereocenters. The lowest BCUT2D eigenvalue weighted by molar-refractivity contribution is 0.0951. The molecule has 2 heterocycles. The van der Waals surface area contributed by atoms with E-state index in [4.69, 9.17) is 0 Å². The van der Waals surface area contributed by atoms with E-state index >= 15 is 0 Å². The van der Waals surface area contributed by atoms with Crippen LogP contribution in [-0.4, -0.2) is 22.4 Å². The van der Waals surface area contributed by atoms with Crippen LogP contribution in [0.2, 0.25) is 0 Å². The molecule has 3 N–H and O–H groups in total. The molecule has 0 aliphatic rings. The number of rotatable bonds is 6. The third kappa shape index (κ3) is 3.67. The van der Waals surface area contributed by atoms with Gasteiger partial charge in [-0.25, -0.2) is 0 Å². The van der Waals surface area contributed by atoms with Crippen molar-refractivity contribution >= 4 is 22.9 Å². The number of carbonyl (C=O) groups is 1. The number of aromatic amines is 1. The summed E-state index contributed by atoms with van der Waals surface area (Å²) >= 11 is 1.08. The van der Waals surface area contributed by atoms with Gasteiger partial charge < -0.3 is 15.6 Å². The van der Waals surface area contributed by atoms with Crippen molar-refractivity contribution in [3.05, 3.63) is 44.8 Å². The Morgan fingerprint density at radius 1 is 1.50 bits per heavy atom. The zero-order valence-electron chi connectivity index (χ0n) is 11.1. The van der Waals surface area contributed by atoms with Crippen molar-refractivity contribution in [1.29, 1.82) is 0 Å². The number of amides is 1. The molecule has 0 bridgehead atoms. The fourth-order valence-corrected chi connectivity index (χ4v) is 2.25. The number of nitrogens with zero attached hydrogens (tertiary/aromatic N) is 1. The Morgan fingerprint density at radius 3 is 3.05 bits per heavy atom. The Morgan fingerprint density at radius 2 is 2.35 bits per heavy atom. The van der Waals surface area contributed by atoms with Gasteiger partial charge in [-0.3, -0.25) is 14.6 Å². The minimum absolute atomic E-state index is 0.122. The van der Waals surface area contributed by atoms with Crippen LogP contribution >= 0.6 is 11.3 Å². The summed E-state index contributed by atoms with van der Waals surface area (Å²) in [6.07, 6.45) is 4.18. The van der Waals surface area contributed by atoms with Gasteiger partial charge in [0.05, 0.1) is 24.0 Å². The molecular formula is C13H16N4O2S. The van der Waals surface area contributed by atoms with Crippen LogP contribution < -0.4 is 15.5 Å². The monoisotopic (exact) mass is 292 g/mol. The van der Waals surface area contributed by atoms with Gasteiger partial charge in [0, 0.05) is 23.8 Å². The van der Waals surface area contributed by atoms with Crippen molar-refractivity contribution in [1.82, 2.24) is 15.3 Å². The minimum atomic E-state index is -0.196. The summed E-state index contributed by atoms with van der Waals surface area (Å²) < 4.78 is 0. The van der Waals surface area contributed by atoms with Crippen molar-refractivity contribution in [3.8, 4) is 0 Å². The lowest BCUT2D eigenvalue weighted by Crippen LogP contribution is -2.24. The summed E-state index contributed by atoms with van der Waals surface area (Å²) in [6.45, 7) is 3.13. The van der Waals surface area contributed by atoms with Crippen LogP contribution in [0.25, 0.3) is 0 Å². The standard InChI is InChI=1S/C13H16N4O2S/c1-2-4-15-11-7-14-5-3-10(11)12(18)16-6-9-8-20-13(19)17-9/h3,5,7-8,15H,2,4,6H2,1H3,(H,16,18)(H,17,19). The number of H-pyrrole nitrogens is 1. The molecule has 1 amide bonds. The number of hydrogen-bond acceptors (Lipinski definition) is 5. The Bertz CT molecular complexity index is 635. The maximum absolute atomic E-state index is 12.1. The van der Waals surface area contributed by atoms with Gasteiger partial charge in [0.25, 0.3) is 5.91 Å². The number of anilines is 1. The summed E-state index contributed by atoms with van der Waals surface area (Å²) in [6, 6.07) is 1.67. The second-order valence-electron chi connectivity index (χ2n) is 4.20. The maximum Gasteiger partial charge on any atom is 0.304 e. The molecule has 0 saturated carbocycles. The summed E-state index contributed by atoms with van der Waals surface area (Å²) in [7, 11) is 0. The van der Waals surface area contributed by atoms with Gasteiger partial charge in [0.2, 0.25) is 0 Å². The molecule has 0 aliphatic carbocycles. The van der Waals surface area contributed by atoms with Gasteiger partial charge in [-0.1, -0.05) is 18.3 Å². The molecule has 0 radical (unpaired) electrons. The molecule has 0 aliphatic heterocycles. The molecule has 6 nitrogen and oxygen atoms in total. The summed E-state index contributed by atoms with van der Waals surface area (Å²) in [4.78, 5) is 29.7. The fraction of sp³-hybridized carbons (Fsp3) is 0.308. The van der Waals surface area contributed by atoms with Crippen molar-refractivity contribution in [2.45, 2.75) is 19.9 Å². The molecular weight excluding hydrogens is 276 g/mol. The topological polar surface area (TPSA) is 86.9 Å². The first kappa shape index (κ1) is 14.3. The van der Waals surface area contributed by atoms with Crippen molar-refractivity contribution in [3.63, 3.8) is 0 Å². The largest absolute Gasteiger partial charge is 0.383 e. The highest BCUT2D eigenvalue weighted by atomic mass is 32.1. The average molecular weight is 292 g/mol. The highest BCUT2D eigenvalue weighted by molar-refractivity contribution is 7.07. The molecule has 2 aromatic rings. The molecule has 2 aromatic heterocycles. The van der Waals surface area contributed by atoms with Crippen molar-refractivity contribution in [2.75, 3.05) is 11.9 Å². The number of pyridine rings is 1. The molecule has 0 atom stereocenters. The van der Waals surface area contributed by atoms with Crippen LogP contribution in [0.1, 0.15) is 29.4 Å². The van der Waals surface area contributed by atoms with E-state index in [0.717, 1.165) is 24.3 Å². The molecule has 2 rings (SSSR count). The average Bonchev–Trinajstić information content (AvgIpc) is 2.88. The Kier molecular flexibility index (Phi) is 4.89. The predicted octanol–water partition coefficient (Wildman–Crippen LogP) is 1.58. The quantitative estimate of drug-likeness (QED) is 0.754. The lowest BCUT2D eigenvalue weighted by Gasteiger charge is -2.10. The zero-order chi connectivity index (χ0) is 14.4. The van der Waals surface area contributed by atoms with E-state index in [1.807, 2.05) is 0 Å². The molecule has 7 heteroatoms. The van der Waals surface area contributed by atoms with Crippen LogP contribution in [0.5, 0.6) is 0 Å². The first-order valence-corrected chi connectivity index (χ1v) is 7.21. The number of thiazole rings is 1. The van der Waals surface area contributed by atoms with Gasteiger partial charge in [0.1, 0.15) is 0 Å². The lowest BCUT2D eigenvalue weighted by atomic mass is 10.2. The van der Waals surface area contributed by atoms with E-state index in [-0.39, 0.29) is 10.8 Å². The first-order valence-electron chi connectivity index (χ1n) is 6.33. The van der Waals surface area contributed by atoms with Gasteiger partial charge in [-0.15, -0.1) is 0 Å². The summed E-state index contributed by atoms with van der Waals surface area (Å²) in [5, 5.41) is 7.64. The van der Waals surface area contributed by atoms with Gasteiger partial charge >= 0.3 is 4.87 Å². The maximum atomic E-state index is 12.1. The van der Waals surface area contributed by atoms with E-state index < -0.39 is 0 Å². The van der Waals surface area contributed by atoms with Crippen LogP contribution in [0.4, 0.5) is 5.69 Å². The molecule has 20 heavy (non-hydrogen) atoms. The third-order valence-electron chi connectivity index (χ3n) is 2.64. The molecule has 106 valence electrons. The normalized spacial score (nSPS) is 10.2. The van der Waals surface area contributed by atoms with E-state index in [0.29, 0.717) is 23.5 Å². The van der Waals surface area contributed by atoms with Gasteiger partial charge in [0.15, 0.2) is 0 Å². The van der Waals surface area contributed by atoms with Gasteiger partial charge in [-0.05, 0) is 12.5 Å². The zero-order valence-corrected chi connectivity index (χ0v) is 11.9. The minimum Gasteiger partial charge on any atom is -0.383 e. The van der Waals surface area contributed by atoms with Crippen LogP contribution in [-0.2, 0) is 6.54 Å². The first-order chi connectivity index (χ1) is 9.70. The summed E-state index contributed by atoms with van der Waals surface area (Å²) in [5.41, 5.74) is 1.96. The summed E-state index contributed by atoms with van der Waals surface area (Å²) in [5.74, 6) is -0.196. The number of aromatic nitrogens is 2. The van der Waals surface area contributed by atoms with E-state index in [9.17, 15) is 9.59 Å². The van der Waals surface area contributed by atoms with Crippen LogP contribution in [0.3, 0.4) is 0 Å². The number of hydrogen-bond donors (Lipinski definition) is 3. The van der Waals surface area contributed by atoms with Crippen LogP contribution in [0.15, 0.2) is 28.6 Å². The molecule has 0 spiro atoms.